The molecule has 9 aromatic carbocycles. The van der Waals surface area contributed by atoms with Crippen LogP contribution in [0.5, 0.6) is 11.5 Å². The Bertz CT molecular complexity index is 5390. The van der Waals surface area contributed by atoms with Gasteiger partial charge < -0.3 is 14.8 Å². The van der Waals surface area contributed by atoms with Gasteiger partial charge in [-0.15, -0.1) is 35.3 Å². The monoisotopic (exact) mass is 1930 g/mol. The number of hydrogen-bond acceptors (Lipinski definition) is 14. The normalized spacial score (nSPS) is 22.8. The van der Waals surface area contributed by atoms with Crippen LogP contribution >= 0.6 is 35.3 Å². The maximum Gasteiger partial charge on any atom is 0.175 e. The summed E-state index contributed by atoms with van der Waals surface area (Å²) in [6.07, 6.45) is 3.89. The van der Waals surface area contributed by atoms with E-state index in [0.29, 0.717) is 88.2 Å². The Morgan fingerprint density at radius 2 is 0.755 bits per heavy atom. The molecule has 0 fully saturated rings. The van der Waals surface area contributed by atoms with Crippen molar-refractivity contribution < 1.29 is 47.8 Å². The summed E-state index contributed by atoms with van der Waals surface area (Å²) in [5.74, 6) is 12.0. The summed E-state index contributed by atoms with van der Waals surface area (Å²) >= 11 is 5.67. The molecule has 9 atom stereocenters. The Morgan fingerprint density at radius 3 is 1.31 bits per heavy atom. The molecule has 0 spiro atoms. The summed E-state index contributed by atoms with van der Waals surface area (Å²) in [6, 6.07) is 72.0. The van der Waals surface area contributed by atoms with Gasteiger partial charge in [0, 0.05) is 111 Å². The van der Waals surface area contributed by atoms with E-state index in [1.165, 1.54) is 39.3 Å². The molecule has 14 heteroatoms. The van der Waals surface area contributed by atoms with Crippen LogP contribution in [0.1, 0.15) is 322 Å². The van der Waals surface area contributed by atoms with Gasteiger partial charge in [-0.05, 0) is 233 Å². The van der Waals surface area contributed by atoms with Crippen LogP contribution in [0.3, 0.4) is 0 Å². The van der Waals surface area contributed by atoms with Crippen molar-refractivity contribution in [2.75, 3.05) is 16.8 Å². The SMILES string of the molecule is CC(C)C1C(=O)Cc2ccccc2C1(C)C.CC(C)C1C(=O)c2ccccc2CC1(C)C.CC(C)C1C(=O)c2ccccc2NC1(C)C.CC(C)C1C(=O)c2ccccc2OC1(C)C.CC(C)C1C(=O)c2ccccc2SC1(C)C.CC(C)C1CSc2ccccc2C1.CC(C)C1CSc2ccccc2C1=O.CC(C)C1Cc2ccccc2C(=O)C1(C)C.CC(C)C1Oc2ccccc2C(=O)C1(C)C. The number of carbonyl (C=O) groups excluding carboxylic acids is 8. The van der Waals surface area contributed by atoms with Crippen LogP contribution in [0.15, 0.2) is 233 Å². The van der Waals surface area contributed by atoms with Crippen molar-refractivity contribution in [3.63, 3.8) is 0 Å². The number of anilines is 1. The van der Waals surface area contributed by atoms with E-state index in [4.69, 9.17) is 9.47 Å². The fourth-order valence-electron chi connectivity index (χ4n) is 23.9. The maximum absolute atomic E-state index is 12.5. The van der Waals surface area contributed by atoms with Gasteiger partial charge in [0.1, 0.15) is 29.0 Å². The average Bonchev–Trinajstić information content (AvgIpc) is 0.756. The predicted molar refractivity (Wildman–Crippen MR) is 582 cm³/mol. The van der Waals surface area contributed by atoms with Crippen LogP contribution in [0.2, 0.25) is 0 Å². The summed E-state index contributed by atoms with van der Waals surface area (Å²) in [4.78, 5) is 103. The molecule has 9 unspecified atom stereocenters. The fourth-order valence-corrected chi connectivity index (χ4v) is 28.2. The van der Waals surface area contributed by atoms with Crippen molar-refractivity contribution in [1.29, 1.82) is 0 Å². The number of ketones is 8. The molecule has 1 N–H and O–H groups in total. The van der Waals surface area contributed by atoms with Gasteiger partial charge in [0.25, 0.3) is 0 Å². The van der Waals surface area contributed by atoms with Gasteiger partial charge in [0.2, 0.25) is 0 Å². The van der Waals surface area contributed by atoms with Crippen molar-refractivity contribution in [2.24, 2.45) is 117 Å². The maximum atomic E-state index is 12.5. The fraction of sp³-hybridized carbons (Fsp3) is 0.504. The molecule has 0 saturated heterocycles. The van der Waals surface area contributed by atoms with E-state index >= 15 is 0 Å². The number of nitrogens with one attached hydrogen (secondary N) is 1. The summed E-state index contributed by atoms with van der Waals surface area (Å²) in [7, 11) is 0. The standard InChI is InChI=1S/3C15H20O.C14H19NO.2C14H18O2.C14H18OS.C12H14OS.C12H16S/c1-10(2)13-14(16)12-8-6-5-7-11(12)9-15(13,3)4;1-10(2)14-13(16)9-11-7-5-6-8-12(11)15(14,3)4;1-10(2)13-9-11-7-5-6-8-12(11)14(16)15(13,3)4;1-9(2)12-13(16)10-7-5-6-8-11(10)15-14(12,3)4;1-9(2)13-14(3,4)12(15)10-7-5-6-8-11(10)16-13;2*1-9(2)12-13(15)10-7-5-6-8-11(10)16-14(12,3)4;1-8(2)10-7-14-11-6-4-3-5-9(11)12(10)13;1-9(2)11-7-10-5-3-4-6-12(10)13-8-11/h5-8,10,13H,9H2,1-4H3;5-8,10,14H,9H2,1-4H3;5-8,10,13H,9H2,1-4H3;5-9,12,15H,1-4H3;5-9,13H,1-4H3;2*5-9,12H,1-4H3;3-6,8,10H,7H2,1-2H3;3-6,9,11H,7-8H2,1-2H3. The second-order valence-electron chi connectivity index (χ2n) is 46.9. The number of benzene rings is 9. The number of fused-ring (bicyclic) bond motifs is 9. The minimum atomic E-state index is -0.442. The first-order chi connectivity index (χ1) is 65.0. The molecule has 0 amide bonds. The molecule has 0 radical (unpaired) electrons. The van der Waals surface area contributed by atoms with Gasteiger partial charge in [0.05, 0.1) is 22.5 Å². The van der Waals surface area contributed by atoms with Crippen LogP contribution in [-0.4, -0.2) is 79.8 Å². The number of hydrogen-bond donors (Lipinski definition) is 1. The van der Waals surface area contributed by atoms with Gasteiger partial charge in [-0.1, -0.05) is 330 Å². The zero-order valence-electron chi connectivity index (χ0n) is 89.7. The zero-order valence-corrected chi connectivity index (χ0v) is 92.2. The molecule has 9 aromatic rings. The molecule has 3 aliphatic carbocycles. The van der Waals surface area contributed by atoms with E-state index in [1.54, 1.807) is 5.56 Å². The third kappa shape index (κ3) is 25.7. The highest BCUT2D eigenvalue weighted by Crippen LogP contribution is 2.52. The first-order valence-electron chi connectivity index (χ1n) is 51.2. The van der Waals surface area contributed by atoms with Crippen molar-refractivity contribution in [3.05, 3.63) is 285 Å². The lowest BCUT2D eigenvalue weighted by molar-refractivity contribution is -0.126. The minimum absolute atomic E-state index is 0.000394. The second kappa shape index (κ2) is 46.4. The van der Waals surface area contributed by atoms with Gasteiger partial charge in [0.15, 0.2) is 40.5 Å². The van der Waals surface area contributed by atoms with Gasteiger partial charge in [-0.2, -0.15) is 0 Å². The first kappa shape index (κ1) is 112. The quantitative estimate of drug-likeness (QED) is 0.145. The summed E-state index contributed by atoms with van der Waals surface area (Å²) in [5, 5.41) is 3.48. The Morgan fingerprint density at radius 1 is 0.324 bits per heavy atom. The smallest absolute Gasteiger partial charge is 0.175 e. The molecule has 6 aliphatic heterocycles. The second-order valence-corrected chi connectivity index (χ2v) is 50.8. The average molecular weight is 1940 g/mol. The number of carbonyl (C=O) groups is 8. The Labute approximate surface area is 848 Å². The van der Waals surface area contributed by atoms with Gasteiger partial charge in [-0.25, -0.2) is 0 Å². The van der Waals surface area contributed by atoms with E-state index in [1.807, 2.05) is 221 Å². The van der Waals surface area contributed by atoms with E-state index in [2.05, 4.69) is 260 Å². The first-order valence-corrected chi connectivity index (χ1v) is 54.0. The third-order valence-electron chi connectivity index (χ3n) is 30.3. The van der Waals surface area contributed by atoms with E-state index < -0.39 is 11.0 Å². The molecule has 9 aliphatic rings. The molecule has 11 nitrogen and oxygen atoms in total. The molecule has 0 saturated carbocycles. The number of thioether (sulfide) groups is 3. The number of para-hydroxylation sites is 3. The highest BCUT2D eigenvalue weighted by atomic mass is 32.2. The number of Topliss-reactive ketones (excluding diaryl/α,β-unsaturated/α-hetero) is 8. The Hall–Kier alpha value is -9.21. The highest BCUT2D eigenvalue weighted by Gasteiger charge is 2.51. The summed E-state index contributed by atoms with van der Waals surface area (Å²) in [5.41, 5.74) is 12.3. The molecular weight excluding hydrogens is 1770 g/mol. The Balaban J connectivity index is 0.000000161. The van der Waals surface area contributed by atoms with Crippen molar-refractivity contribution in [3.8, 4) is 11.5 Å². The molecule has 0 bridgehead atoms. The van der Waals surface area contributed by atoms with Crippen LogP contribution in [0.25, 0.3) is 0 Å². The van der Waals surface area contributed by atoms with Crippen molar-refractivity contribution in [1.82, 2.24) is 0 Å². The largest absolute Gasteiger partial charge is 0.488 e. The zero-order chi connectivity index (χ0) is 103. The third-order valence-corrected chi connectivity index (χ3v) is 34.1. The topological polar surface area (TPSA) is 167 Å². The van der Waals surface area contributed by atoms with Crippen LogP contribution in [-0.2, 0) is 35.9 Å². The number of ether oxygens (including phenoxy) is 2. The van der Waals surface area contributed by atoms with Gasteiger partial charge >= 0.3 is 0 Å². The molecule has 0 aromatic heterocycles. The predicted octanol–water partition coefficient (Wildman–Crippen LogP) is 31.7. The molecular formula is C125H163NO10S3. The Kier molecular flexibility index (Phi) is 37.3. The molecule has 6 heterocycles. The highest BCUT2D eigenvalue weighted by molar-refractivity contribution is 8.01. The summed E-state index contributed by atoms with van der Waals surface area (Å²) in [6.45, 7) is 68.3. The van der Waals surface area contributed by atoms with Crippen LogP contribution in [0.4, 0.5) is 5.69 Å². The van der Waals surface area contributed by atoms with E-state index in [0.717, 1.165) is 90.8 Å². The lowest BCUT2D eigenvalue weighted by atomic mass is 9.61. The molecule has 18 rings (SSSR count). The summed E-state index contributed by atoms with van der Waals surface area (Å²) < 4.78 is 11.9. The van der Waals surface area contributed by atoms with Crippen LogP contribution in [0, 0.1) is 117 Å². The lowest BCUT2D eigenvalue weighted by Crippen LogP contribution is -2.50. The van der Waals surface area contributed by atoms with E-state index in [-0.39, 0.29) is 91.4 Å². The lowest BCUT2D eigenvalue weighted by Gasteiger charge is -2.42. The minimum Gasteiger partial charge on any atom is -0.488 e. The number of rotatable bonds is 9. The molecule has 746 valence electrons. The van der Waals surface area contributed by atoms with Crippen molar-refractivity contribution >= 4 is 87.2 Å². The van der Waals surface area contributed by atoms with Gasteiger partial charge in [-0.3, -0.25) is 38.4 Å². The molecule has 139 heavy (non-hydrogen) atoms. The van der Waals surface area contributed by atoms with Crippen LogP contribution < -0.4 is 14.8 Å². The van der Waals surface area contributed by atoms with Crippen molar-refractivity contribution in [2.45, 2.75) is 289 Å². The van der Waals surface area contributed by atoms with E-state index in [9.17, 15) is 38.4 Å².